The summed E-state index contributed by atoms with van der Waals surface area (Å²) in [7, 11) is 0. The molecule has 1 saturated heterocycles. The molecule has 3 rings (SSSR count). The lowest BCUT2D eigenvalue weighted by Crippen LogP contribution is -2.42. The zero-order valence-corrected chi connectivity index (χ0v) is 15.0. The summed E-state index contributed by atoms with van der Waals surface area (Å²) in [4.78, 5) is 31.7. The van der Waals surface area contributed by atoms with Crippen molar-refractivity contribution in [2.45, 2.75) is 52.9 Å². The Morgan fingerprint density at radius 1 is 1.39 bits per heavy atom. The molecule has 23 heavy (non-hydrogen) atoms. The normalized spacial score (nSPS) is 23.3. The smallest absolute Gasteiger partial charge is 0.231 e. The first kappa shape index (κ1) is 16.4. The van der Waals surface area contributed by atoms with Crippen LogP contribution in [0.25, 0.3) is 0 Å². The summed E-state index contributed by atoms with van der Waals surface area (Å²) >= 11 is 1.61. The Morgan fingerprint density at radius 2 is 2.17 bits per heavy atom. The minimum Gasteiger partial charge on any atom is -0.342 e. The number of likely N-dealkylation sites (tertiary alicyclic amines) is 1. The summed E-state index contributed by atoms with van der Waals surface area (Å²) in [5.74, 6) is -0.0687. The largest absolute Gasteiger partial charge is 0.342 e. The molecule has 0 saturated carbocycles. The van der Waals surface area contributed by atoms with Crippen LogP contribution in [0.3, 0.4) is 0 Å². The maximum absolute atomic E-state index is 12.5. The zero-order chi connectivity index (χ0) is 16.6. The predicted molar refractivity (Wildman–Crippen MR) is 91.5 cm³/mol. The number of aryl methyl sites for hydroxylation is 1. The predicted octanol–water partition coefficient (Wildman–Crippen LogP) is 2.86. The van der Waals surface area contributed by atoms with Gasteiger partial charge in [0.25, 0.3) is 0 Å². The van der Waals surface area contributed by atoms with Crippen molar-refractivity contribution >= 4 is 28.3 Å². The quantitative estimate of drug-likeness (QED) is 0.904. The van der Waals surface area contributed by atoms with Gasteiger partial charge in [-0.15, -0.1) is 11.3 Å². The molecule has 2 heterocycles. The second-order valence-corrected chi connectivity index (χ2v) is 8.61. The van der Waals surface area contributed by atoms with Gasteiger partial charge in [-0.3, -0.25) is 9.59 Å². The van der Waals surface area contributed by atoms with Crippen molar-refractivity contribution in [2.75, 3.05) is 18.4 Å². The van der Waals surface area contributed by atoms with Crippen LogP contribution in [0.1, 0.15) is 50.6 Å². The number of nitrogens with one attached hydrogen (secondary N) is 1. The first-order valence-corrected chi connectivity index (χ1v) is 9.21. The molecule has 1 aromatic heterocycles. The molecule has 2 aliphatic rings. The summed E-state index contributed by atoms with van der Waals surface area (Å²) in [5, 5.41) is 3.71. The first-order chi connectivity index (χ1) is 10.8. The fraction of sp³-hybridized carbons (Fsp3) is 0.706. The lowest BCUT2D eigenvalue weighted by molar-refractivity contribution is -0.132. The van der Waals surface area contributed by atoms with E-state index in [-0.39, 0.29) is 17.7 Å². The Bertz CT molecular complexity index is 623. The van der Waals surface area contributed by atoms with Gasteiger partial charge < -0.3 is 10.2 Å². The molecule has 0 aromatic carbocycles. The highest BCUT2D eigenvalue weighted by Crippen LogP contribution is 2.38. The van der Waals surface area contributed by atoms with E-state index in [0.29, 0.717) is 12.0 Å². The number of carbonyl (C=O) groups is 2. The van der Waals surface area contributed by atoms with Gasteiger partial charge in [0.1, 0.15) is 0 Å². The molecule has 1 aromatic rings. The van der Waals surface area contributed by atoms with Crippen LogP contribution in [0.15, 0.2) is 0 Å². The van der Waals surface area contributed by atoms with Crippen LogP contribution in [-0.4, -0.2) is 34.8 Å². The van der Waals surface area contributed by atoms with Gasteiger partial charge in [0.05, 0.1) is 11.6 Å². The summed E-state index contributed by atoms with van der Waals surface area (Å²) in [5.41, 5.74) is 1.48. The number of thiazole rings is 1. The second-order valence-electron chi connectivity index (χ2n) is 7.52. The van der Waals surface area contributed by atoms with E-state index in [1.54, 1.807) is 23.2 Å². The van der Waals surface area contributed by atoms with Crippen molar-refractivity contribution in [2.24, 2.45) is 11.3 Å². The van der Waals surface area contributed by atoms with Gasteiger partial charge in [0.2, 0.25) is 11.8 Å². The number of hydrogen-bond donors (Lipinski definition) is 1. The molecule has 0 bridgehead atoms. The highest BCUT2D eigenvalue weighted by atomic mass is 32.1. The second kappa shape index (κ2) is 6.23. The molecule has 0 spiro atoms. The van der Waals surface area contributed by atoms with E-state index in [4.69, 9.17) is 0 Å². The van der Waals surface area contributed by atoms with E-state index < -0.39 is 0 Å². The summed E-state index contributed by atoms with van der Waals surface area (Å²) in [6.07, 6.45) is 4.91. The Balaban J connectivity index is 1.65. The molecule has 1 N–H and O–H groups in total. The number of fused-ring (bicyclic) bond motifs is 1. The van der Waals surface area contributed by atoms with Gasteiger partial charge >= 0.3 is 0 Å². The monoisotopic (exact) mass is 335 g/mol. The number of amides is 2. The van der Waals surface area contributed by atoms with Crippen LogP contribution in [0.2, 0.25) is 0 Å². The maximum atomic E-state index is 12.5. The fourth-order valence-electron chi connectivity index (χ4n) is 3.43. The molecule has 5 nitrogen and oxygen atoms in total. The average molecular weight is 335 g/mol. The average Bonchev–Trinajstić information content (AvgIpc) is 2.87. The maximum Gasteiger partial charge on any atom is 0.231 e. The number of aromatic nitrogens is 1. The SMILES string of the molecule is CC(=O)N1CCCC(C(=O)Nc2nc3c(s2)CC(C)(C)CC3)C1. The molecule has 1 fully saturated rings. The van der Waals surface area contributed by atoms with Crippen molar-refractivity contribution in [1.29, 1.82) is 0 Å². The molecule has 0 radical (unpaired) electrons. The van der Waals surface area contributed by atoms with Crippen LogP contribution < -0.4 is 5.32 Å². The molecule has 1 aliphatic heterocycles. The van der Waals surface area contributed by atoms with Crippen molar-refractivity contribution < 1.29 is 9.59 Å². The molecule has 2 amide bonds. The van der Waals surface area contributed by atoms with Crippen molar-refractivity contribution in [3.8, 4) is 0 Å². The first-order valence-electron chi connectivity index (χ1n) is 8.39. The molecular weight excluding hydrogens is 310 g/mol. The number of rotatable bonds is 2. The molecular formula is C17H25N3O2S. The minimum atomic E-state index is -0.120. The van der Waals surface area contributed by atoms with Crippen molar-refractivity contribution in [3.63, 3.8) is 0 Å². The number of nitrogens with zero attached hydrogens (tertiary/aromatic N) is 2. The van der Waals surface area contributed by atoms with Gasteiger partial charge in [-0.1, -0.05) is 13.8 Å². The third kappa shape index (κ3) is 3.74. The standard InChI is InChI=1S/C17H25N3O2S/c1-11(21)20-8-4-5-12(10-20)15(22)19-16-18-13-6-7-17(2,3)9-14(13)23-16/h12H,4-10H2,1-3H3,(H,18,19,22). The number of piperidine rings is 1. The topological polar surface area (TPSA) is 62.3 Å². The van der Waals surface area contributed by atoms with Crippen LogP contribution in [0.4, 0.5) is 5.13 Å². The fourth-order valence-corrected chi connectivity index (χ4v) is 4.70. The molecule has 1 atom stereocenters. The van der Waals surface area contributed by atoms with E-state index in [9.17, 15) is 9.59 Å². The minimum absolute atomic E-state index is 0.00121. The van der Waals surface area contributed by atoms with E-state index in [2.05, 4.69) is 24.1 Å². The van der Waals surface area contributed by atoms with Crippen LogP contribution >= 0.6 is 11.3 Å². The highest BCUT2D eigenvalue weighted by Gasteiger charge is 2.30. The number of hydrogen-bond acceptors (Lipinski definition) is 4. The summed E-state index contributed by atoms with van der Waals surface area (Å²) in [6.45, 7) is 7.43. The highest BCUT2D eigenvalue weighted by molar-refractivity contribution is 7.15. The van der Waals surface area contributed by atoms with Crippen LogP contribution in [0.5, 0.6) is 0 Å². The molecule has 1 aliphatic carbocycles. The van der Waals surface area contributed by atoms with Gasteiger partial charge in [0.15, 0.2) is 5.13 Å². The molecule has 126 valence electrons. The van der Waals surface area contributed by atoms with Gasteiger partial charge in [-0.05, 0) is 37.5 Å². The van der Waals surface area contributed by atoms with Crippen molar-refractivity contribution in [1.82, 2.24) is 9.88 Å². The lowest BCUT2D eigenvalue weighted by atomic mass is 9.79. The van der Waals surface area contributed by atoms with Crippen molar-refractivity contribution in [3.05, 3.63) is 10.6 Å². The van der Waals surface area contributed by atoms with Crippen LogP contribution in [-0.2, 0) is 22.4 Å². The third-order valence-electron chi connectivity index (χ3n) is 4.92. The van der Waals surface area contributed by atoms with E-state index in [1.165, 1.54) is 4.88 Å². The van der Waals surface area contributed by atoms with E-state index in [0.717, 1.165) is 49.5 Å². The Kier molecular flexibility index (Phi) is 4.45. The zero-order valence-electron chi connectivity index (χ0n) is 14.1. The van der Waals surface area contributed by atoms with Crippen LogP contribution in [0, 0.1) is 11.3 Å². The Hall–Kier alpha value is -1.43. The van der Waals surface area contributed by atoms with E-state index in [1.807, 2.05) is 0 Å². The van der Waals surface area contributed by atoms with E-state index >= 15 is 0 Å². The molecule has 6 heteroatoms. The summed E-state index contributed by atoms with van der Waals surface area (Å²) in [6, 6.07) is 0. The lowest BCUT2D eigenvalue weighted by Gasteiger charge is -2.31. The van der Waals surface area contributed by atoms with Gasteiger partial charge in [-0.25, -0.2) is 4.98 Å². The summed E-state index contributed by atoms with van der Waals surface area (Å²) < 4.78 is 0. The van der Waals surface area contributed by atoms with Gasteiger partial charge in [0, 0.05) is 24.9 Å². The number of anilines is 1. The Morgan fingerprint density at radius 3 is 2.91 bits per heavy atom. The Labute approximate surface area is 141 Å². The number of carbonyl (C=O) groups excluding carboxylic acids is 2. The molecule has 1 unspecified atom stereocenters. The third-order valence-corrected chi connectivity index (χ3v) is 5.94. The van der Waals surface area contributed by atoms with Gasteiger partial charge in [-0.2, -0.15) is 0 Å².